The van der Waals surface area contributed by atoms with Crippen molar-refractivity contribution in [3.63, 3.8) is 0 Å². The van der Waals surface area contributed by atoms with Crippen molar-refractivity contribution >= 4 is 29.1 Å². The molecule has 6 nitrogen and oxygen atoms in total. The fraction of sp³-hybridized carbons (Fsp3) is 0.333. The minimum Gasteiger partial charge on any atom is -0.495 e. The molecule has 0 saturated carbocycles. The molecule has 0 unspecified atom stereocenters. The van der Waals surface area contributed by atoms with Gasteiger partial charge >= 0.3 is 0 Å². The van der Waals surface area contributed by atoms with E-state index in [0.717, 1.165) is 5.56 Å². The van der Waals surface area contributed by atoms with E-state index in [0.29, 0.717) is 29.5 Å². The van der Waals surface area contributed by atoms with Crippen LogP contribution in [0.15, 0.2) is 48.5 Å². The zero-order chi connectivity index (χ0) is 20.5. The van der Waals surface area contributed by atoms with Crippen LogP contribution in [0.2, 0.25) is 5.02 Å². The number of halogens is 1. The van der Waals surface area contributed by atoms with Gasteiger partial charge < -0.3 is 15.0 Å². The van der Waals surface area contributed by atoms with Gasteiger partial charge in [0.1, 0.15) is 5.75 Å². The van der Waals surface area contributed by atoms with Crippen LogP contribution >= 0.6 is 11.6 Å². The van der Waals surface area contributed by atoms with Gasteiger partial charge in [-0.3, -0.25) is 14.5 Å². The van der Waals surface area contributed by atoms with Crippen molar-refractivity contribution in [1.82, 2.24) is 9.80 Å². The number of methoxy groups -OCH3 is 1. The summed E-state index contributed by atoms with van der Waals surface area (Å²) in [6.45, 7) is 3.33. The lowest BCUT2D eigenvalue weighted by Gasteiger charge is -2.24. The first-order chi connectivity index (χ1) is 13.4. The summed E-state index contributed by atoms with van der Waals surface area (Å²) >= 11 is 5.98. The monoisotopic (exact) mass is 403 g/mol. The molecule has 2 aromatic rings. The molecule has 1 N–H and O–H groups in total. The van der Waals surface area contributed by atoms with Gasteiger partial charge in [-0.25, -0.2) is 0 Å². The van der Waals surface area contributed by atoms with E-state index in [-0.39, 0.29) is 24.9 Å². The quantitative estimate of drug-likeness (QED) is 0.698. The minimum absolute atomic E-state index is 0.0259. The Hall–Kier alpha value is -2.57. The van der Waals surface area contributed by atoms with E-state index in [1.807, 2.05) is 37.3 Å². The summed E-state index contributed by atoms with van der Waals surface area (Å²) in [4.78, 5) is 28.4. The van der Waals surface area contributed by atoms with Crippen LogP contribution in [0.25, 0.3) is 0 Å². The largest absolute Gasteiger partial charge is 0.495 e. The molecule has 0 heterocycles. The molecular formula is C21H26ClN3O3. The van der Waals surface area contributed by atoms with Crippen LogP contribution < -0.4 is 10.1 Å². The Morgan fingerprint density at radius 1 is 1.11 bits per heavy atom. The van der Waals surface area contributed by atoms with Gasteiger partial charge in [-0.1, -0.05) is 41.9 Å². The van der Waals surface area contributed by atoms with Gasteiger partial charge in [-0.05, 0) is 37.7 Å². The molecule has 2 amide bonds. The van der Waals surface area contributed by atoms with Gasteiger partial charge in [0.15, 0.2) is 0 Å². The Morgan fingerprint density at radius 2 is 1.82 bits per heavy atom. The molecule has 0 fully saturated rings. The third-order valence-electron chi connectivity index (χ3n) is 4.21. The number of hydrogen-bond acceptors (Lipinski definition) is 4. The first kappa shape index (κ1) is 21.7. The SMILES string of the molecule is CCN(Cc1ccccc1)C(=O)CN(C)CC(=O)Nc1cc(Cl)ccc1OC. The van der Waals surface area contributed by atoms with Crippen LogP contribution in [0.4, 0.5) is 5.69 Å². The number of rotatable bonds is 9. The van der Waals surface area contributed by atoms with Gasteiger partial charge in [0, 0.05) is 18.1 Å². The Morgan fingerprint density at radius 3 is 2.46 bits per heavy atom. The summed E-state index contributed by atoms with van der Waals surface area (Å²) in [5.41, 5.74) is 1.57. The van der Waals surface area contributed by atoms with Gasteiger partial charge in [0.25, 0.3) is 0 Å². The molecule has 2 aromatic carbocycles. The van der Waals surface area contributed by atoms with Gasteiger partial charge in [-0.2, -0.15) is 0 Å². The highest BCUT2D eigenvalue weighted by Gasteiger charge is 2.17. The number of benzene rings is 2. The number of amides is 2. The Balaban J connectivity index is 1.89. The molecule has 0 aliphatic rings. The number of anilines is 1. The smallest absolute Gasteiger partial charge is 0.238 e. The molecular weight excluding hydrogens is 378 g/mol. The van der Waals surface area contributed by atoms with E-state index >= 15 is 0 Å². The van der Waals surface area contributed by atoms with Crippen LogP contribution in [-0.2, 0) is 16.1 Å². The first-order valence-electron chi connectivity index (χ1n) is 9.06. The predicted octanol–water partition coefficient (Wildman–Crippen LogP) is 3.27. The summed E-state index contributed by atoms with van der Waals surface area (Å²) < 4.78 is 5.23. The lowest BCUT2D eigenvalue weighted by atomic mass is 10.2. The summed E-state index contributed by atoms with van der Waals surface area (Å²) in [6, 6.07) is 14.8. The normalized spacial score (nSPS) is 10.6. The molecule has 0 radical (unpaired) electrons. The third-order valence-corrected chi connectivity index (χ3v) is 4.44. The number of nitrogens with one attached hydrogen (secondary N) is 1. The average molecular weight is 404 g/mol. The van der Waals surface area contributed by atoms with E-state index < -0.39 is 0 Å². The first-order valence-corrected chi connectivity index (χ1v) is 9.44. The molecule has 0 spiro atoms. The Kier molecular flexibility index (Phi) is 8.29. The highest BCUT2D eigenvalue weighted by atomic mass is 35.5. The van der Waals surface area contributed by atoms with Crippen molar-refractivity contribution in [2.24, 2.45) is 0 Å². The van der Waals surface area contributed by atoms with E-state index in [1.165, 1.54) is 7.11 Å². The average Bonchev–Trinajstić information content (AvgIpc) is 2.66. The molecule has 0 aliphatic carbocycles. The van der Waals surface area contributed by atoms with Crippen LogP contribution in [0.3, 0.4) is 0 Å². The molecule has 2 rings (SSSR count). The molecule has 0 bridgehead atoms. The zero-order valence-electron chi connectivity index (χ0n) is 16.4. The summed E-state index contributed by atoms with van der Waals surface area (Å²) in [5, 5.41) is 3.27. The number of carbonyl (C=O) groups is 2. The van der Waals surface area contributed by atoms with Gasteiger partial charge in [0.05, 0.1) is 25.9 Å². The predicted molar refractivity (Wildman–Crippen MR) is 112 cm³/mol. The van der Waals surface area contributed by atoms with E-state index in [4.69, 9.17) is 16.3 Å². The molecule has 28 heavy (non-hydrogen) atoms. The highest BCUT2D eigenvalue weighted by Crippen LogP contribution is 2.27. The second-order valence-corrected chi connectivity index (χ2v) is 6.90. The lowest BCUT2D eigenvalue weighted by molar-refractivity contribution is -0.132. The van der Waals surface area contributed by atoms with Crippen LogP contribution in [0, 0.1) is 0 Å². The van der Waals surface area contributed by atoms with E-state index in [2.05, 4.69) is 5.32 Å². The molecule has 150 valence electrons. The number of carbonyl (C=O) groups excluding carboxylic acids is 2. The number of likely N-dealkylation sites (N-methyl/N-ethyl adjacent to an activating group) is 2. The van der Waals surface area contributed by atoms with Crippen LogP contribution in [-0.4, -0.2) is 55.4 Å². The fourth-order valence-corrected chi connectivity index (χ4v) is 2.95. The number of hydrogen-bond donors (Lipinski definition) is 1. The van der Waals surface area contributed by atoms with Gasteiger partial charge in [-0.15, -0.1) is 0 Å². The van der Waals surface area contributed by atoms with E-state index in [9.17, 15) is 9.59 Å². The maximum absolute atomic E-state index is 12.6. The highest BCUT2D eigenvalue weighted by molar-refractivity contribution is 6.31. The standard InChI is InChI=1S/C21H26ClN3O3/c1-4-25(13-16-8-6-5-7-9-16)21(27)15-24(2)14-20(26)23-18-12-17(22)10-11-19(18)28-3/h5-12H,4,13-15H2,1-3H3,(H,23,26). The van der Waals surface area contributed by atoms with E-state index in [1.54, 1.807) is 35.0 Å². The van der Waals surface area contributed by atoms with Crippen LogP contribution in [0.1, 0.15) is 12.5 Å². The second kappa shape index (κ2) is 10.7. The molecule has 0 aliphatic heterocycles. The Bertz CT molecular complexity index is 799. The zero-order valence-corrected chi connectivity index (χ0v) is 17.2. The maximum atomic E-state index is 12.6. The number of ether oxygens (including phenoxy) is 1. The third kappa shape index (κ3) is 6.55. The topological polar surface area (TPSA) is 61.9 Å². The summed E-state index contributed by atoms with van der Waals surface area (Å²) in [5.74, 6) is 0.250. The van der Waals surface area contributed by atoms with Crippen molar-refractivity contribution in [2.45, 2.75) is 13.5 Å². The molecule has 0 aromatic heterocycles. The van der Waals surface area contributed by atoms with Crippen molar-refractivity contribution < 1.29 is 14.3 Å². The Labute approximate surface area is 171 Å². The van der Waals surface area contributed by atoms with Crippen molar-refractivity contribution in [2.75, 3.05) is 39.1 Å². The second-order valence-electron chi connectivity index (χ2n) is 6.46. The molecule has 7 heteroatoms. The van der Waals surface area contributed by atoms with Gasteiger partial charge in [0.2, 0.25) is 11.8 Å². The maximum Gasteiger partial charge on any atom is 0.238 e. The minimum atomic E-state index is -0.248. The molecule has 0 saturated heterocycles. The lowest BCUT2D eigenvalue weighted by Crippen LogP contribution is -2.41. The van der Waals surface area contributed by atoms with Crippen molar-refractivity contribution in [3.05, 3.63) is 59.1 Å². The molecule has 0 atom stereocenters. The van der Waals surface area contributed by atoms with Crippen LogP contribution in [0.5, 0.6) is 5.75 Å². The van der Waals surface area contributed by atoms with Crippen molar-refractivity contribution in [3.8, 4) is 5.75 Å². The summed E-state index contributed by atoms with van der Waals surface area (Å²) in [7, 11) is 3.26. The fourth-order valence-electron chi connectivity index (χ4n) is 2.78. The number of nitrogens with zero attached hydrogens (tertiary/aromatic N) is 2. The van der Waals surface area contributed by atoms with Crippen molar-refractivity contribution in [1.29, 1.82) is 0 Å². The summed E-state index contributed by atoms with van der Waals surface area (Å²) in [6.07, 6.45) is 0.